The first-order chi connectivity index (χ1) is 9.86. The highest BCUT2D eigenvalue weighted by Crippen LogP contribution is 2.23. The van der Waals surface area contributed by atoms with Gasteiger partial charge in [-0.05, 0) is 29.4 Å². The van der Waals surface area contributed by atoms with E-state index < -0.39 is 0 Å². The lowest BCUT2D eigenvalue weighted by Crippen LogP contribution is -2.16. The van der Waals surface area contributed by atoms with Crippen LogP contribution in [-0.4, -0.2) is 23.3 Å². The van der Waals surface area contributed by atoms with Crippen molar-refractivity contribution in [3.05, 3.63) is 48.4 Å². The van der Waals surface area contributed by atoms with Gasteiger partial charge in [0.05, 0.1) is 0 Å². The van der Waals surface area contributed by atoms with Crippen LogP contribution in [0, 0.1) is 0 Å². The fourth-order valence-corrected chi connectivity index (χ4v) is 2.17. The maximum Gasteiger partial charge on any atom is 0.247 e. The average molecular weight is 267 g/mol. The molecule has 0 saturated heterocycles. The normalized spacial score (nSPS) is 11.1. The first kappa shape index (κ1) is 12.8. The van der Waals surface area contributed by atoms with Crippen molar-refractivity contribution in [1.29, 1.82) is 0 Å². The van der Waals surface area contributed by atoms with Crippen molar-refractivity contribution in [2.24, 2.45) is 0 Å². The summed E-state index contributed by atoms with van der Waals surface area (Å²) in [5.41, 5.74) is 0.964. The second-order valence-electron chi connectivity index (χ2n) is 4.67. The smallest absolute Gasteiger partial charge is 0.247 e. The van der Waals surface area contributed by atoms with Gasteiger partial charge < -0.3 is 9.73 Å². The molecule has 1 aromatic heterocycles. The standard InChI is InChI=1S/C16H17N3O/c1-2-17-10-9-15-18-19-16(20-15)14-8-7-12-5-3-4-6-13(12)11-14/h3-8,11,17H,2,9-10H2,1H3. The number of hydrogen-bond donors (Lipinski definition) is 1. The van der Waals surface area contributed by atoms with Crippen LogP contribution in [0.5, 0.6) is 0 Å². The molecule has 0 saturated carbocycles. The molecule has 0 atom stereocenters. The maximum absolute atomic E-state index is 5.70. The second kappa shape index (κ2) is 5.84. The zero-order valence-electron chi connectivity index (χ0n) is 11.5. The summed E-state index contributed by atoms with van der Waals surface area (Å²) in [7, 11) is 0. The summed E-state index contributed by atoms with van der Waals surface area (Å²) < 4.78 is 5.70. The third kappa shape index (κ3) is 2.70. The van der Waals surface area contributed by atoms with E-state index in [0.717, 1.165) is 25.1 Å². The maximum atomic E-state index is 5.70. The van der Waals surface area contributed by atoms with Crippen LogP contribution < -0.4 is 5.32 Å². The van der Waals surface area contributed by atoms with Gasteiger partial charge >= 0.3 is 0 Å². The Morgan fingerprint density at radius 3 is 2.75 bits per heavy atom. The van der Waals surface area contributed by atoms with Crippen LogP contribution in [0.1, 0.15) is 12.8 Å². The minimum Gasteiger partial charge on any atom is -0.421 e. The number of nitrogens with zero attached hydrogens (tertiary/aromatic N) is 2. The molecule has 4 heteroatoms. The van der Waals surface area contributed by atoms with Gasteiger partial charge in [-0.25, -0.2) is 0 Å². The molecular weight excluding hydrogens is 250 g/mol. The minimum absolute atomic E-state index is 0.585. The summed E-state index contributed by atoms with van der Waals surface area (Å²) in [6.45, 7) is 3.88. The van der Waals surface area contributed by atoms with Crippen LogP contribution in [0.3, 0.4) is 0 Å². The Hall–Kier alpha value is -2.20. The number of likely N-dealkylation sites (N-methyl/N-ethyl adjacent to an activating group) is 1. The summed E-state index contributed by atoms with van der Waals surface area (Å²) in [4.78, 5) is 0. The van der Waals surface area contributed by atoms with Crippen LogP contribution in [0.2, 0.25) is 0 Å². The molecule has 1 N–H and O–H groups in total. The largest absolute Gasteiger partial charge is 0.421 e. The Labute approximate surface area is 117 Å². The topological polar surface area (TPSA) is 51.0 Å². The zero-order chi connectivity index (χ0) is 13.8. The number of fused-ring (bicyclic) bond motifs is 1. The molecule has 0 spiro atoms. The van der Waals surface area contributed by atoms with Gasteiger partial charge in [0.1, 0.15) is 0 Å². The number of rotatable bonds is 5. The van der Waals surface area contributed by atoms with Gasteiger partial charge in [0.25, 0.3) is 0 Å². The Morgan fingerprint density at radius 2 is 1.90 bits per heavy atom. The highest BCUT2D eigenvalue weighted by atomic mass is 16.4. The van der Waals surface area contributed by atoms with Gasteiger partial charge in [0.15, 0.2) is 0 Å². The molecule has 20 heavy (non-hydrogen) atoms. The Morgan fingerprint density at radius 1 is 1.05 bits per heavy atom. The van der Waals surface area contributed by atoms with Crippen molar-refractivity contribution in [3.8, 4) is 11.5 Å². The van der Waals surface area contributed by atoms with Gasteiger partial charge in [-0.15, -0.1) is 10.2 Å². The summed E-state index contributed by atoms with van der Waals surface area (Å²) in [6.07, 6.45) is 0.758. The Balaban J connectivity index is 1.83. The first-order valence-electron chi connectivity index (χ1n) is 6.89. The summed E-state index contributed by atoms with van der Waals surface area (Å²) in [6, 6.07) is 14.4. The third-order valence-corrected chi connectivity index (χ3v) is 3.23. The highest BCUT2D eigenvalue weighted by Gasteiger charge is 2.08. The van der Waals surface area contributed by atoms with Crippen molar-refractivity contribution in [1.82, 2.24) is 15.5 Å². The quantitative estimate of drug-likeness (QED) is 0.722. The molecule has 102 valence electrons. The Kier molecular flexibility index (Phi) is 3.74. The van der Waals surface area contributed by atoms with Crippen molar-refractivity contribution >= 4 is 10.8 Å². The molecule has 3 rings (SSSR count). The van der Waals surface area contributed by atoms with E-state index >= 15 is 0 Å². The molecule has 4 nitrogen and oxygen atoms in total. The van der Waals surface area contributed by atoms with Gasteiger partial charge in [-0.3, -0.25) is 0 Å². The molecular formula is C16H17N3O. The van der Waals surface area contributed by atoms with Gasteiger partial charge in [0.2, 0.25) is 11.8 Å². The van der Waals surface area contributed by atoms with E-state index in [1.54, 1.807) is 0 Å². The molecule has 0 unspecified atom stereocenters. The molecule has 2 aromatic carbocycles. The lowest BCUT2D eigenvalue weighted by atomic mass is 10.1. The van der Waals surface area contributed by atoms with E-state index in [1.165, 1.54) is 10.8 Å². The summed E-state index contributed by atoms with van der Waals surface area (Å²) in [5.74, 6) is 1.26. The van der Waals surface area contributed by atoms with Gasteiger partial charge in [-0.2, -0.15) is 0 Å². The van der Waals surface area contributed by atoms with Crippen LogP contribution in [0.15, 0.2) is 46.9 Å². The van der Waals surface area contributed by atoms with Crippen molar-refractivity contribution in [3.63, 3.8) is 0 Å². The van der Waals surface area contributed by atoms with Crippen LogP contribution in [0.25, 0.3) is 22.2 Å². The van der Waals surface area contributed by atoms with E-state index in [9.17, 15) is 0 Å². The molecule has 3 aromatic rings. The third-order valence-electron chi connectivity index (χ3n) is 3.23. The zero-order valence-corrected chi connectivity index (χ0v) is 11.5. The van der Waals surface area contributed by atoms with E-state index in [-0.39, 0.29) is 0 Å². The highest BCUT2D eigenvalue weighted by molar-refractivity contribution is 5.86. The van der Waals surface area contributed by atoms with E-state index in [1.807, 2.05) is 18.2 Å². The average Bonchev–Trinajstić information content (AvgIpc) is 2.96. The fraction of sp³-hybridized carbons (Fsp3) is 0.250. The number of aromatic nitrogens is 2. The van der Waals surface area contributed by atoms with Crippen molar-refractivity contribution < 1.29 is 4.42 Å². The van der Waals surface area contributed by atoms with E-state index in [0.29, 0.717) is 11.8 Å². The molecule has 0 aliphatic rings. The fourth-order valence-electron chi connectivity index (χ4n) is 2.17. The van der Waals surface area contributed by atoms with Crippen LogP contribution >= 0.6 is 0 Å². The van der Waals surface area contributed by atoms with Crippen LogP contribution in [0.4, 0.5) is 0 Å². The molecule has 1 heterocycles. The number of hydrogen-bond acceptors (Lipinski definition) is 4. The molecule has 0 aliphatic heterocycles. The molecule has 0 fully saturated rings. The predicted octanol–water partition coefficient (Wildman–Crippen LogP) is 3.04. The molecule has 0 aliphatic carbocycles. The monoisotopic (exact) mass is 267 g/mol. The Bertz CT molecular complexity index is 706. The van der Waals surface area contributed by atoms with Gasteiger partial charge in [0, 0.05) is 18.5 Å². The van der Waals surface area contributed by atoms with Crippen molar-refractivity contribution in [2.75, 3.05) is 13.1 Å². The van der Waals surface area contributed by atoms with E-state index in [2.05, 4.69) is 46.7 Å². The lowest BCUT2D eigenvalue weighted by Gasteiger charge is -1.99. The van der Waals surface area contributed by atoms with Crippen molar-refractivity contribution in [2.45, 2.75) is 13.3 Å². The minimum atomic E-state index is 0.585. The van der Waals surface area contributed by atoms with Gasteiger partial charge in [-0.1, -0.05) is 37.3 Å². The lowest BCUT2D eigenvalue weighted by molar-refractivity contribution is 0.496. The van der Waals surface area contributed by atoms with E-state index in [4.69, 9.17) is 4.42 Å². The molecule has 0 bridgehead atoms. The molecule has 0 radical (unpaired) electrons. The summed E-state index contributed by atoms with van der Waals surface area (Å²) >= 11 is 0. The second-order valence-corrected chi connectivity index (χ2v) is 4.67. The SMILES string of the molecule is CCNCCc1nnc(-c2ccc3ccccc3c2)o1. The number of nitrogens with one attached hydrogen (secondary N) is 1. The summed E-state index contributed by atoms with van der Waals surface area (Å²) in [5, 5.41) is 13.8. The predicted molar refractivity (Wildman–Crippen MR) is 79.5 cm³/mol. The number of benzene rings is 2. The first-order valence-corrected chi connectivity index (χ1v) is 6.89. The molecule has 0 amide bonds. The van der Waals surface area contributed by atoms with Crippen LogP contribution in [-0.2, 0) is 6.42 Å².